The van der Waals surface area contributed by atoms with Crippen molar-refractivity contribution in [1.82, 2.24) is 14.7 Å². The summed E-state index contributed by atoms with van der Waals surface area (Å²) in [5.41, 5.74) is 3.36. The first-order chi connectivity index (χ1) is 12.3. The molecule has 1 aromatic carbocycles. The number of nitrogens with zero attached hydrogens (tertiary/aromatic N) is 3. The van der Waals surface area contributed by atoms with E-state index in [2.05, 4.69) is 18.9 Å². The van der Waals surface area contributed by atoms with E-state index in [0.717, 1.165) is 24.2 Å². The van der Waals surface area contributed by atoms with E-state index < -0.39 is 0 Å². The number of amides is 1. The fraction of sp³-hybridized carbons (Fsp3) is 0.500. The fourth-order valence-electron chi connectivity index (χ4n) is 3.58. The van der Waals surface area contributed by atoms with Gasteiger partial charge in [0.05, 0.1) is 11.7 Å². The molecule has 0 aliphatic carbocycles. The molecule has 1 aromatic heterocycles. The van der Waals surface area contributed by atoms with Crippen molar-refractivity contribution in [3.63, 3.8) is 0 Å². The molecule has 0 unspecified atom stereocenters. The Hall–Kier alpha value is -1.88. The number of likely N-dealkylation sites (tertiary alicyclic amines) is 1. The Labute approximate surface area is 158 Å². The second-order valence-corrected chi connectivity index (χ2v) is 7.77. The van der Waals surface area contributed by atoms with Crippen LogP contribution < -0.4 is 0 Å². The Bertz CT molecular complexity index is 831. The Morgan fingerprint density at radius 3 is 2.73 bits per heavy atom. The summed E-state index contributed by atoms with van der Waals surface area (Å²) in [4.78, 5) is 14.8. The van der Waals surface area contributed by atoms with Crippen LogP contribution in [0.2, 0.25) is 5.02 Å². The summed E-state index contributed by atoms with van der Waals surface area (Å²) >= 11 is 6.42. The maximum Gasteiger partial charge on any atom is 0.244 e. The lowest BCUT2D eigenvalue weighted by molar-refractivity contribution is -0.133. The van der Waals surface area contributed by atoms with Gasteiger partial charge in [-0.25, -0.2) is 4.39 Å². The minimum absolute atomic E-state index is 0.00742. The molecule has 1 aliphatic heterocycles. The molecule has 1 aliphatic rings. The smallest absolute Gasteiger partial charge is 0.244 e. The van der Waals surface area contributed by atoms with Crippen LogP contribution in [-0.2, 0) is 11.3 Å². The zero-order valence-electron chi connectivity index (χ0n) is 15.7. The second-order valence-electron chi connectivity index (χ2n) is 7.39. The van der Waals surface area contributed by atoms with Gasteiger partial charge in [-0.05, 0) is 61.9 Å². The van der Waals surface area contributed by atoms with Gasteiger partial charge in [0.15, 0.2) is 0 Å². The quantitative estimate of drug-likeness (QED) is 0.769. The summed E-state index contributed by atoms with van der Waals surface area (Å²) in [7, 11) is 0. The highest BCUT2D eigenvalue weighted by atomic mass is 35.5. The number of rotatable bonds is 4. The molecule has 1 saturated heterocycles. The Kier molecular flexibility index (Phi) is 5.37. The zero-order valence-corrected chi connectivity index (χ0v) is 16.5. The molecule has 6 heteroatoms. The number of aromatic nitrogens is 2. The zero-order chi connectivity index (χ0) is 19.0. The number of hydrogen-bond donors (Lipinski definition) is 0. The molecule has 140 valence electrons. The summed E-state index contributed by atoms with van der Waals surface area (Å²) in [6.45, 7) is 8.77. The first-order valence-electron chi connectivity index (χ1n) is 9.07. The summed E-state index contributed by atoms with van der Waals surface area (Å²) in [6, 6.07) is 4.73. The normalized spacial score (nSPS) is 17.3. The third kappa shape index (κ3) is 3.63. The third-order valence-corrected chi connectivity index (χ3v) is 5.57. The van der Waals surface area contributed by atoms with E-state index in [1.807, 2.05) is 17.9 Å². The van der Waals surface area contributed by atoms with E-state index in [9.17, 15) is 9.18 Å². The lowest BCUT2D eigenvalue weighted by Crippen LogP contribution is -2.34. The van der Waals surface area contributed by atoms with Crippen LogP contribution in [0.25, 0.3) is 0 Å². The van der Waals surface area contributed by atoms with Gasteiger partial charge in [0.25, 0.3) is 0 Å². The predicted octanol–water partition coefficient (Wildman–Crippen LogP) is 4.78. The molecule has 1 fully saturated rings. The van der Waals surface area contributed by atoms with Crippen molar-refractivity contribution in [2.24, 2.45) is 0 Å². The van der Waals surface area contributed by atoms with Crippen LogP contribution in [0.15, 0.2) is 18.2 Å². The molecule has 2 aromatic rings. The average molecular weight is 378 g/mol. The molecule has 4 nitrogen and oxygen atoms in total. The summed E-state index contributed by atoms with van der Waals surface area (Å²) in [5.74, 6) is -0.00338. The van der Waals surface area contributed by atoms with Gasteiger partial charge in [0, 0.05) is 17.3 Å². The van der Waals surface area contributed by atoms with Crippen molar-refractivity contribution in [3.05, 3.63) is 51.6 Å². The number of carbonyl (C=O) groups excluding carboxylic acids is 1. The molecule has 0 N–H and O–H groups in total. The number of aryl methyl sites for hydroxylation is 2. The van der Waals surface area contributed by atoms with Crippen molar-refractivity contribution in [2.75, 3.05) is 6.54 Å². The van der Waals surface area contributed by atoms with Crippen LogP contribution >= 0.6 is 11.6 Å². The van der Waals surface area contributed by atoms with E-state index in [0.29, 0.717) is 28.6 Å². The van der Waals surface area contributed by atoms with Crippen molar-refractivity contribution < 1.29 is 9.18 Å². The van der Waals surface area contributed by atoms with Gasteiger partial charge in [-0.3, -0.25) is 9.48 Å². The van der Waals surface area contributed by atoms with E-state index >= 15 is 0 Å². The van der Waals surface area contributed by atoms with Gasteiger partial charge in [0.1, 0.15) is 12.4 Å². The Balaban J connectivity index is 1.83. The Morgan fingerprint density at radius 2 is 2.08 bits per heavy atom. The molecule has 0 bridgehead atoms. The maximum absolute atomic E-state index is 13.9. The van der Waals surface area contributed by atoms with E-state index in [4.69, 9.17) is 11.6 Å². The van der Waals surface area contributed by atoms with Gasteiger partial charge in [-0.1, -0.05) is 25.4 Å². The van der Waals surface area contributed by atoms with Crippen LogP contribution in [0, 0.1) is 19.7 Å². The number of benzene rings is 1. The minimum atomic E-state index is -0.314. The van der Waals surface area contributed by atoms with Crippen LogP contribution in [0.4, 0.5) is 4.39 Å². The summed E-state index contributed by atoms with van der Waals surface area (Å²) < 4.78 is 15.6. The molecule has 3 rings (SSSR count). The molecule has 2 heterocycles. The van der Waals surface area contributed by atoms with Gasteiger partial charge in [-0.2, -0.15) is 5.10 Å². The fourth-order valence-corrected chi connectivity index (χ4v) is 3.81. The molecule has 0 spiro atoms. The first kappa shape index (κ1) is 18.9. The highest BCUT2D eigenvalue weighted by molar-refractivity contribution is 6.32. The van der Waals surface area contributed by atoms with Crippen molar-refractivity contribution in [2.45, 2.75) is 59.0 Å². The van der Waals surface area contributed by atoms with Gasteiger partial charge < -0.3 is 4.90 Å². The molecular formula is C20H25ClFN3O. The first-order valence-corrected chi connectivity index (χ1v) is 9.45. The Morgan fingerprint density at radius 1 is 1.35 bits per heavy atom. The van der Waals surface area contributed by atoms with Crippen molar-refractivity contribution >= 4 is 17.5 Å². The highest BCUT2D eigenvalue weighted by Crippen LogP contribution is 2.37. The van der Waals surface area contributed by atoms with E-state index in [-0.39, 0.29) is 24.3 Å². The molecule has 26 heavy (non-hydrogen) atoms. The second kappa shape index (κ2) is 7.39. The van der Waals surface area contributed by atoms with Crippen molar-refractivity contribution in [1.29, 1.82) is 0 Å². The number of hydrogen-bond acceptors (Lipinski definition) is 2. The van der Waals surface area contributed by atoms with Crippen LogP contribution in [-0.4, -0.2) is 27.1 Å². The van der Waals surface area contributed by atoms with E-state index in [1.54, 1.807) is 11.6 Å². The van der Waals surface area contributed by atoms with Gasteiger partial charge >= 0.3 is 0 Å². The SMILES string of the molecule is Cc1cc(F)cc([C@@H]2CCCN2C(=O)Cn2nc(C(C)C)cc2C)c1Cl. The largest absolute Gasteiger partial charge is 0.334 e. The number of halogens is 2. The standard InChI is InChI=1S/C20H25ClFN3O/c1-12(2)17-9-14(4)25(23-17)11-19(26)24-7-5-6-18(24)16-10-15(22)8-13(3)20(16)21/h8-10,12,18H,5-7,11H2,1-4H3/t18-/m0/s1. The highest BCUT2D eigenvalue weighted by Gasteiger charge is 2.32. The predicted molar refractivity (Wildman–Crippen MR) is 101 cm³/mol. The van der Waals surface area contributed by atoms with Gasteiger partial charge in [0.2, 0.25) is 5.91 Å². The molecule has 1 atom stereocenters. The van der Waals surface area contributed by atoms with Crippen LogP contribution in [0.5, 0.6) is 0 Å². The lowest BCUT2D eigenvalue weighted by atomic mass is 10.0. The van der Waals surface area contributed by atoms with Crippen LogP contribution in [0.3, 0.4) is 0 Å². The number of carbonyl (C=O) groups is 1. The minimum Gasteiger partial charge on any atom is -0.334 e. The summed E-state index contributed by atoms with van der Waals surface area (Å²) in [6.07, 6.45) is 1.68. The molecule has 0 radical (unpaired) electrons. The molecular weight excluding hydrogens is 353 g/mol. The third-order valence-electron chi connectivity index (χ3n) is 5.06. The topological polar surface area (TPSA) is 38.1 Å². The van der Waals surface area contributed by atoms with Gasteiger partial charge in [-0.15, -0.1) is 0 Å². The monoisotopic (exact) mass is 377 g/mol. The molecule has 1 amide bonds. The molecule has 0 saturated carbocycles. The lowest BCUT2D eigenvalue weighted by Gasteiger charge is -2.26. The van der Waals surface area contributed by atoms with Crippen molar-refractivity contribution in [3.8, 4) is 0 Å². The van der Waals surface area contributed by atoms with Crippen LogP contribution in [0.1, 0.15) is 61.2 Å². The maximum atomic E-state index is 13.9. The van der Waals surface area contributed by atoms with E-state index in [1.165, 1.54) is 12.1 Å². The average Bonchev–Trinajstić information content (AvgIpc) is 3.18. The summed E-state index contributed by atoms with van der Waals surface area (Å²) in [5, 5.41) is 5.10.